The molecule has 4 nitrogen and oxygen atoms in total. The van der Waals surface area contributed by atoms with Gasteiger partial charge in [0.25, 0.3) is 0 Å². The minimum Gasteiger partial charge on any atom is -0.384 e. The zero-order valence-electron chi connectivity index (χ0n) is 10.3. The summed E-state index contributed by atoms with van der Waals surface area (Å²) >= 11 is 0. The average Bonchev–Trinajstić information content (AvgIpc) is 2.39. The van der Waals surface area contributed by atoms with E-state index in [0.717, 1.165) is 30.4 Å². The first-order chi connectivity index (χ1) is 8.22. The number of nitrogens with two attached hydrogens (primary N) is 1. The van der Waals surface area contributed by atoms with Gasteiger partial charge >= 0.3 is 0 Å². The zero-order chi connectivity index (χ0) is 12.3. The summed E-state index contributed by atoms with van der Waals surface area (Å²) in [5.41, 5.74) is 6.34. The van der Waals surface area contributed by atoms with E-state index in [1.165, 1.54) is 19.3 Å². The monoisotopic (exact) mass is 232 g/mol. The highest BCUT2D eigenvalue weighted by Gasteiger charge is 2.21. The van der Waals surface area contributed by atoms with Gasteiger partial charge in [0.2, 0.25) is 0 Å². The molecule has 0 bridgehead atoms. The zero-order valence-corrected chi connectivity index (χ0v) is 10.3. The van der Waals surface area contributed by atoms with Crippen molar-refractivity contribution < 1.29 is 0 Å². The van der Waals surface area contributed by atoms with E-state index in [0.29, 0.717) is 0 Å². The van der Waals surface area contributed by atoms with Crippen LogP contribution in [-0.4, -0.2) is 23.9 Å². The summed E-state index contributed by atoms with van der Waals surface area (Å²) in [5, 5.41) is 7.58. The molecule has 0 saturated carbocycles. The molecule has 0 atom stereocenters. The second-order valence-electron chi connectivity index (χ2n) is 4.63. The fraction of sp³-hybridized carbons (Fsp3) is 0.538. The largest absolute Gasteiger partial charge is 0.384 e. The third-order valence-corrected chi connectivity index (χ3v) is 3.57. The van der Waals surface area contributed by atoms with Crippen LogP contribution in [0.3, 0.4) is 0 Å². The maximum Gasteiger partial charge on any atom is 0.139 e. The lowest BCUT2D eigenvalue weighted by atomic mass is 9.94. The lowest BCUT2D eigenvalue weighted by Crippen LogP contribution is -2.35. The molecule has 1 saturated heterocycles. The van der Waals surface area contributed by atoms with E-state index in [1.807, 2.05) is 12.1 Å². The van der Waals surface area contributed by atoms with Crippen LogP contribution in [0.4, 0.5) is 5.82 Å². The summed E-state index contributed by atoms with van der Waals surface area (Å²) in [6.07, 6.45) is 5.46. The van der Waals surface area contributed by atoms with Crippen molar-refractivity contribution in [3.8, 4) is 0 Å². The van der Waals surface area contributed by atoms with Gasteiger partial charge in [-0.05, 0) is 30.9 Å². The van der Waals surface area contributed by atoms with E-state index in [1.54, 1.807) is 6.20 Å². The first-order valence-electron chi connectivity index (χ1n) is 6.26. The molecular weight excluding hydrogens is 212 g/mol. The van der Waals surface area contributed by atoms with Crippen LogP contribution in [0.5, 0.6) is 0 Å². The highest BCUT2D eigenvalue weighted by Crippen LogP contribution is 2.25. The predicted molar refractivity (Wildman–Crippen MR) is 70.5 cm³/mol. The van der Waals surface area contributed by atoms with Crippen LogP contribution in [0.1, 0.15) is 31.7 Å². The molecule has 0 spiro atoms. The molecule has 0 unspecified atom stereocenters. The molecule has 2 heterocycles. The van der Waals surface area contributed by atoms with Gasteiger partial charge < -0.3 is 10.6 Å². The number of aromatic nitrogens is 1. The Morgan fingerprint density at radius 2 is 2.24 bits per heavy atom. The number of hydrogen-bond acceptors (Lipinski definition) is 3. The molecule has 17 heavy (non-hydrogen) atoms. The van der Waals surface area contributed by atoms with E-state index in [-0.39, 0.29) is 5.84 Å². The van der Waals surface area contributed by atoms with Gasteiger partial charge in [-0.2, -0.15) is 0 Å². The molecular formula is C13H20N4. The van der Waals surface area contributed by atoms with Crippen molar-refractivity contribution in [3.05, 3.63) is 23.9 Å². The predicted octanol–water partition coefficient (Wildman–Crippen LogP) is 1.99. The van der Waals surface area contributed by atoms with Crippen molar-refractivity contribution >= 4 is 11.7 Å². The van der Waals surface area contributed by atoms with E-state index in [9.17, 15) is 0 Å². The van der Waals surface area contributed by atoms with Crippen LogP contribution >= 0.6 is 0 Å². The molecule has 0 aliphatic carbocycles. The molecule has 0 amide bonds. The van der Waals surface area contributed by atoms with Gasteiger partial charge in [0.05, 0.1) is 5.56 Å². The summed E-state index contributed by atoms with van der Waals surface area (Å²) in [4.78, 5) is 6.63. The van der Waals surface area contributed by atoms with E-state index >= 15 is 0 Å². The molecule has 1 aliphatic rings. The number of piperidine rings is 1. The SMILES string of the molecule is CCC1CCN(c2ncccc2C(=N)N)CC1. The quantitative estimate of drug-likeness (QED) is 0.618. The second-order valence-corrected chi connectivity index (χ2v) is 4.63. The lowest BCUT2D eigenvalue weighted by molar-refractivity contribution is 0.393. The Morgan fingerprint density at radius 1 is 1.53 bits per heavy atom. The standard InChI is InChI=1S/C13H20N4/c1-2-10-5-8-17(9-6-10)13-11(12(14)15)4-3-7-16-13/h3-4,7,10H,2,5-6,8-9H2,1H3,(H3,14,15). The van der Waals surface area contributed by atoms with Gasteiger partial charge in [0.1, 0.15) is 11.7 Å². The minimum absolute atomic E-state index is 0.103. The Morgan fingerprint density at radius 3 is 2.82 bits per heavy atom. The van der Waals surface area contributed by atoms with E-state index in [4.69, 9.17) is 11.1 Å². The summed E-state index contributed by atoms with van der Waals surface area (Å²) < 4.78 is 0. The topological polar surface area (TPSA) is 66.0 Å². The number of pyridine rings is 1. The van der Waals surface area contributed by atoms with Crippen LogP contribution in [0.25, 0.3) is 0 Å². The normalized spacial score (nSPS) is 17.1. The molecule has 1 fully saturated rings. The Labute approximate surface area is 102 Å². The summed E-state index contributed by atoms with van der Waals surface area (Å²) in [6.45, 7) is 4.30. The van der Waals surface area contributed by atoms with Gasteiger partial charge in [0.15, 0.2) is 0 Å². The minimum atomic E-state index is 0.103. The Hall–Kier alpha value is -1.58. The van der Waals surface area contributed by atoms with Gasteiger partial charge in [-0.3, -0.25) is 5.41 Å². The molecule has 1 aromatic heterocycles. The average molecular weight is 232 g/mol. The highest BCUT2D eigenvalue weighted by molar-refractivity contribution is 5.99. The summed E-state index contributed by atoms with van der Waals surface area (Å²) in [6, 6.07) is 3.70. The Balaban J connectivity index is 2.15. The van der Waals surface area contributed by atoms with Gasteiger partial charge in [-0.1, -0.05) is 13.3 Å². The fourth-order valence-corrected chi connectivity index (χ4v) is 2.41. The summed E-state index contributed by atoms with van der Waals surface area (Å²) in [5.74, 6) is 1.82. The van der Waals surface area contributed by atoms with Gasteiger partial charge in [-0.15, -0.1) is 0 Å². The molecule has 2 rings (SSSR count). The Bertz CT molecular complexity index is 394. The number of nitrogens with zero attached hydrogens (tertiary/aromatic N) is 2. The molecule has 0 aromatic carbocycles. The molecule has 1 aromatic rings. The second kappa shape index (κ2) is 5.17. The number of nitrogens with one attached hydrogen (secondary N) is 1. The van der Waals surface area contributed by atoms with Crippen molar-refractivity contribution in [2.75, 3.05) is 18.0 Å². The molecule has 92 valence electrons. The van der Waals surface area contributed by atoms with Crippen molar-refractivity contribution in [2.45, 2.75) is 26.2 Å². The maximum atomic E-state index is 7.58. The van der Waals surface area contributed by atoms with Crippen LogP contribution in [0, 0.1) is 11.3 Å². The highest BCUT2D eigenvalue weighted by atomic mass is 15.2. The van der Waals surface area contributed by atoms with Crippen LogP contribution in [0.2, 0.25) is 0 Å². The number of hydrogen-bond donors (Lipinski definition) is 2. The third kappa shape index (κ3) is 2.57. The summed E-state index contributed by atoms with van der Waals surface area (Å²) in [7, 11) is 0. The first-order valence-corrected chi connectivity index (χ1v) is 6.26. The number of rotatable bonds is 3. The van der Waals surface area contributed by atoms with Crippen LogP contribution < -0.4 is 10.6 Å². The van der Waals surface area contributed by atoms with Crippen molar-refractivity contribution in [3.63, 3.8) is 0 Å². The fourth-order valence-electron chi connectivity index (χ4n) is 2.41. The molecule has 0 radical (unpaired) electrons. The van der Waals surface area contributed by atoms with Crippen LogP contribution in [-0.2, 0) is 0 Å². The van der Waals surface area contributed by atoms with E-state index < -0.39 is 0 Å². The number of nitrogen functional groups attached to an aromatic ring is 1. The Kier molecular flexibility index (Phi) is 3.61. The maximum absolute atomic E-state index is 7.58. The van der Waals surface area contributed by atoms with Crippen molar-refractivity contribution in [2.24, 2.45) is 11.7 Å². The lowest BCUT2D eigenvalue weighted by Gasteiger charge is -2.33. The van der Waals surface area contributed by atoms with Crippen LogP contribution in [0.15, 0.2) is 18.3 Å². The third-order valence-electron chi connectivity index (χ3n) is 3.57. The molecule has 4 heteroatoms. The molecule has 1 aliphatic heterocycles. The van der Waals surface area contributed by atoms with Crippen molar-refractivity contribution in [1.29, 1.82) is 5.41 Å². The van der Waals surface area contributed by atoms with Gasteiger partial charge in [-0.25, -0.2) is 4.98 Å². The smallest absolute Gasteiger partial charge is 0.139 e. The molecule has 3 N–H and O–H groups in total. The number of amidine groups is 1. The number of anilines is 1. The van der Waals surface area contributed by atoms with E-state index in [2.05, 4.69) is 16.8 Å². The first kappa shape index (κ1) is 11.9. The van der Waals surface area contributed by atoms with Crippen molar-refractivity contribution in [1.82, 2.24) is 4.98 Å². The van der Waals surface area contributed by atoms with Gasteiger partial charge in [0, 0.05) is 19.3 Å².